The molecule has 1 fully saturated rings. The van der Waals surface area contributed by atoms with Gasteiger partial charge in [-0.25, -0.2) is 9.78 Å². The number of nitrogens with zero attached hydrogens (tertiary/aromatic N) is 3. The fourth-order valence-corrected chi connectivity index (χ4v) is 5.00. The topological polar surface area (TPSA) is 87.8 Å². The monoisotopic (exact) mass is 516 g/mol. The lowest BCUT2D eigenvalue weighted by atomic mass is 9.99. The van der Waals surface area contributed by atoms with Crippen LogP contribution in [-0.4, -0.2) is 69.7 Å². The average Bonchev–Trinajstić information content (AvgIpc) is 3.45. The van der Waals surface area contributed by atoms with Crippen LogP contribution in [0.25, 0.3) is 22.2 Å². The Hall–Kier alpha value is -2.97. The van der Waals surface area contributed by atoms with E-state index in [2.05, 4.69) is 9.97 Å². The molecule has 0 aliphatic carbocycles. The molecule has 4 heterocycles. The third-order valence-corrected chi connectivity index (χ3v) is 6.95. The third kappa shape index (κ3) is 4.52. The molecule has 0 bridgehead atoms. The van der Waals surface area contributed by atoms with E-state index in [0.717, 1.165) is 22.2 Å². The number of rotatable bonds is 2. The summed E-state index contributed by atoms with van der Waals surface area (Å²) in [5.74, 6) is 0.448. The Bertz CT molecular complexity index is 1310. The second-order valence-corrected chi connectivity index (χ2v) is 10.5. The van der Waals surface area contributed by atoms with Crippen LogP contribution >= 0.6 is 23.2 Å². The molecule has 2 aliphatic rings. The highest BCUT2D eigenvalue weighted by molar-refractivity contribution is 6.44. The van der Waals surface area contributed by atoms with Crippen LogP contribution < -0.4 is 4.74 Å². The van der Waals surface area contributed by atoms with Crippen LogP contribution in [0.5, 0.6) is 5.75 Å². The third-order valence-electron chi connectivity index (χ3n) is 6.16. The number of piperazine rings is 1. The lowest BCUT2D eigenvalue weighted by Crippen LogP contribution is -2.54. The predicted molar refractivity (Wildman–Crippen MR) is 134 cm³/mol. The SMILES string of the molecule is CC(C)(C)OC(=O)N1CCN(C(=O)C2Cc3cc(Cl)c(Cl)c(-c4ccnc5[nH]ccc45)c3O2)CC1. The molecule has 184 valence electrons. The minimum absolute atomic E-state index is 0.121. The van der Waals surface area contributed by atoms with Gasteiger partial charge in [-0.1, -0.05) is 23.2 Å². The molecule has 2 aliphatic heterocycles. The summed E-state index contributed by atoms with van der Waals surface area (Å²) in [4.78, 5) is 36.5. The van der Waals surface area contributed by atoms with Crippen molar-refractivity contribution in [3.8, 4) is 16.9 Å². The molecule has 2 amide bonds. The summed E-state index contributed by atoms with van der Waals surface area (Å²) in [7, 11) is 0. The van der Waals surface area contributed by atoms with E-state index in [4.69, 9.17) is 32.7 Å². The number of aromatic amines is 1. The zero-order valence-corrected chi connectivity index (χ0v) is 21.2. The smallest absolute Gasteiger partial charge is 0.410 e. The first kappa shape index (κ1) is 23.8. The van der Waals surface area contributed by atoms with Crippen LogP contribution in [0.15, 0.2) is 30.6 Å². The van der Waals surface area contributed by atoms with Crippen molar-refractivity contribution in [2.24, 2.45) is 0 Å². The van der Waals surface area contributed by atoms with Crippen LogP contribution in [0, 0.1) is 0 Å². The van der Waals surface area contributed by atoms with Crippen LogP contribution in [-0.2, 0) is 16.0 Å². The molecule has 1 atom stereocenters. The quantitative estimate of drug-likeness (QED) is 0.522. The largest absolute Gasteiger partial charge is 0.479 e. The second-order valence-electron chi connectivity index (χ2n) is 9.74. The Balaban J connectivity index is 1.35. The maximum atomic E-state index is 13.3. The first-order valence-electron chi connectivity index (χ1n) is 11.5. The average molecular weight is 517 g/mol. The number of fused-ring (bicyclic) bond motifs is 2. The van der Waals surface area contributed by atoms with Gasteiger partial charge in [-0.3, -0.25) is 4.79 Å². The minimum atomic E-state index is -0.685. The fourth-order valence-electron chi connectivity index (χ4n) is 4.53. The molecule has 5 rings (SSSR count). The predicted octanol–water partition coefficient (Wildman–Crippen LogP) is 4.92. The number of pyridine rings is 1. The maximum Gasteiger partial charge on any atom is 0.410 e. The fraction of sp³-hybridized carbons (Fsp3) is 0.400. The van der Waals surface area contributed by atoms with E-state index in [0.29, 0.717) is 54.0 Å². The molecule has 1 unspecified atom stereocenters. The lowest BCUT2D eigenvalue weighted by molar-refractivity contribution is -0.139. The highest BCUT2D eigenvalue weighted by atomic mass is 35.5. The minimum Gasteiger partial charge on any atom is -0.479 e. The van der Waals surface area contributed by atoms with Crippen LogP contribution in [0.4, 0.5) is 4.79 Å². The highest BCUT2D eigenvalue weighted by Crippen LogP contribution is 2.48. The van der Waals surface area contributed by atoms with E-state index in [9.17, 15) is 9.59 Å². The summed E-state index contributed by atoms with van der Waals surface area (Å²) in [5.41, 5.74) is 2.49. The maximum absolute atomic E-state index is 13.3. The number of hydrogen-bond acceptors (Lipinski definition) is 5. The van der Waals surface area contributed by atoms with E-state index in [1.54, 1.807) is 22.1 Å². The number of H-pyrrole nitrogens is 1. The Labute approximate surface area is 213 Å². The lowest BCUT2D eigenvalue weighted by Gasteiger charge is -2.36. The molecule has 35 heavy (non-hydrogen) atoms. The molecule has 1 saturated heterocycles. The van der Waals surface area contributed by atoms with Crippen LogP contribution in [0.3, 0.4) is 0 Å². The van der Waals surface area contributed by atoms with Gasteiger partial charge < -0.3 is 24.3 Å². The van der Waals surface area contributed by atoms with Crippen molar-refractivity contribution < 1.29 is 19.1 Å². The molecule has 8 nitrogen and oxygen atoms in total. The molecular weight excluding hydrogens is 491 g/mol. The van der Waals surface area contributed by atoms with Gasteiger partial charge in [-0.2, -0.15) is 0 Å². The van der Waals surface area contributed by atoms with Crippen molar-refractivity contribution in [3.63, 3.8) is 0 Å². The number of hydrogen-bond donors (Lipinski definition) is 1. The standard InChI is InChI=1S/C25H26Cl2N4O4/c1-25(2,3)35-24(33)31-10-8-30(9-11-31)23(32)18-13-14-12-17(26)20(27)19(21(14)34-18)15-4-6-28-22-16(15)5-7-29-22/h4-7,12,18H,8-11,13H2,1-3H3,(H,28,29). The summed E-state index contributed by atoms with van der Waals surface area (Å²) >= 11 is 13.1. The summed E-state index contributed by atoms with van der Waals surface area (Å²) in [5, 5.41) is 1.66. The Morgan fingerprint density at radius 1 is 1.14 bits per heavy atom. The van der Waals surface area contributed by atoms with E-state index >= 15 is 0 Å². The Morgan fingerprint density at radius 3 is 2.57 bits per heavy atom. The number of carbonyl (C=O) groups is 2. The molecule has 1 N–H and O–H groups in total. The molecule has 10 heteroatoms. The molecule has 1 aromatic carbocycles. The van der Waals surface area contributed by atoms with Crippen molar-refractivity contribution in [1.82, 2.24) is 19.8 Å². The van der Waals surface area contributed by atoms with Gasteiger partial charge >= 0.3 is 6.09 Å². The van der Waals surface area contributed by atoms with Gasteiger partial charge in [0, 0.05) is 61.5 Å². The van der Waals surface area contributed by atoms with Crippen molar-refractivity contribution in [2.75, 3.05) is 26.2 Å². The zero-order chi connectivity index (χ0) is 24.9. The molecule has 0 spiro atoms. The molecule has 3 aromatic rings. The first-order chi connectivity index (χ1) is 16.6. The first-order valence-corrected chi connectivity index (χ1v) is 12.2. The van der Waals surface area contributed by atoms with E-state index in [-0.39, 0.29) is 12.0 Å². The van der Waals surface area contributed by atoms with Gasteiger partial charge in [0.2, 0.25) is 0 Å². The van der Waals surface area contributed by atoms with Crippen molar-refractivity contribution in [2.45, 2.75) is 38.9 Å². The van der Waals surface area contributed by atoms with Gasteiger partial charge in [0.25, 0.3) is 5.91 Å². The van der Waals surface area contributed by atoms with Crippen molar-refractivity contribution in [3.05, 3.63) is 46.2 Å². The molecule has 0 saturated carbocycles. The summed E-state index contributed by atoms with van der Waals surface area (Å²) in [6.45, 7) is 7.14. The molecular formula is C25H26Cl2N4O4. The Morgan fingerprint density at radius 2 is 1.86 bits per heavy atom. The summed E-state index contributed by atoms with van der Waals surface area (Å²) in [6.07, 6.45) is 2.85. The molecule has 2 aromatic heterocycles. The number of benzene rings is 1. The number of nitrogens with one attached hydrogen (secondary N) is 1. The van der Waals surface area contributed by atoms with Gasteiger partial charge in [-0.15, -0.1) is 0 Å². The van der Waals surface area contributed by atoms with Crippen molar-refractivity contribution >= 4 is 46.2 Å². The summed E-state index contributed by atoms with van der Waals surface area (Å²) < 4.78 is 11.7. The van der Waals surface area contributed by atoms with E-state index in [1.807, 2.05) is 39.1 Å². The van der Waals surface area contributed by atoms with E-state index in [1.165, 1.54) is 0 Å². The van der Waals surface area contributed by atoms with Crippen LogP contribution in [0.1, 0.15) is 26.3 Å². The van der Waals surface area contributed by atoms with Crippen molar-refractivity contribution in [1.29, 1.82) is 0 Å². The van der Waals surface area contributed by atoms with Crippen LogP contribution in [0.2, 0.25) is 10.0 Å². The number of carbonyl (C=O) groups excluding carboxylic acids is 2. The molecule has 0 radical (unpaired) electrons. The van der Waals surface area contributed by atoms with E-state index < -0.39 is 11.7 Å². The number of aromatic nitrogens is 2. The van der Waals surface area contributed by atoms with Gasteiger partial charge in [-0.05, 0) is 44.5 Å². The van der Waals surface area contributed by atoms with Gasteiger partial charge in [0.1, 0.15) is 17.0 Å². The second kappa shape index (κ2) is 8.91. The van der Waals surface area contributed by atoms with Gasteiger partial charge in [0.15, 0.2) is 6.10 Å². The zero-order valence-electron chi connectivity index (χ0n) is 19.7. The Kier molecular flexibility index (Phi) is 6.05. The number of amides is 2. The summed E-state index contributed by atoms with van der Waals surface area (Å²) in [6, 6.07) is 5.55. The normalized spacial score (nSPS) is 17.9. The highest BCUT2D eigenvalue weighted by Gasteiger charge is 2.37. The van der Waals surface area contributed by atoms with Gasteiger partial charge in [0.05, 0.1) is 10.0 Å². The number of halogens is 2. The number of ether oxygens (including phenoxy) is 2.